The fraction of sp³-hybridized carbons (Fsp3) is 0. The van der Waals surface area contributed by atoms with Crippen molar-refractivity contribution in [3.8, 4) is 22.3 Å². The molecule has 0 amide bonds. The maximum Gasteiger partial charge on any atom is 0.157 e. The Morgan fingerprint density at radius 3 is 1.29 bits per heavy atom. The van der Waals surface area contributed by atoms with Gasteiger partial charge in [-0.2, -0.15) is 10.5 Å². The summed E-state index contributed by atoms with van der Waals surface area (Å²) in [5.41, 5.74) is 0. The average Bonchev–Trinajstić information content (AvgIpc) is 2.13. The molecule has 0 fully saturated rings. The van der Waals surface area contributed by atoms with Crippen LogP contribution >= 0.6 is 25.3 Å². The van der Waals surface area contributed by atoms with Crippen molar-refractivity contribution in [3.63, 3.8) is 0 Å². The van der Waals surface area contributed by atoms with Crippen LogP contribution in [0.15, 0.2) is 24.3 Å². The van der Waals surface area contributed by atoms with Gasteiger partial charge in [0, 0.05) is 0 Å². The lowest BCUT2D eigenvalue weighted by Gasteiger charge is -1.91. The van der Waals surface area contributed by atoms with Crippen molar-refractivity contribution in [2.45, 2.75) is 0 Å². The predicted octanol–water partition coefficient (Wildman–Crippen LogP) is 1.89. The summed E-state index contributed by atoms with van der Waals surface area (Å²) in [5.74, 6) is -0.153. The van der Waals surface area contributed by atoms with Crippen LogP contribution in [0.5, 0.6) is 11.5 Å². The highest BCUT2D eigenvalue weighted by atomic mass is 32.1. The molecule has 0 atom stereocenters. The second kappa shape index (κ2) is 11.5. The van der Waals surface area contributed by atoms with Gasteiger partial charge in [0.15, 0.2) is 11.5 Å². The first-order chi connectivity index (χ1) is 6.63. The van der Waals surface area contributed by atoms with Gasteiger partial charge in [-0.1, -0.05) is 37.4 Å². The molecule has 6 heteroatoms. The number of hydrogen-bond acceptors (Lipinski definition) is 6. The SMILES string of the molecule is N#CS.N#CS.Oc1ccccc1O. The third kappa shape index (κ3) is 10.5. The Morgan fingerprint density at radius 1 is 0.929 bits per heavy atom. The van der Waals surface area contributed by atoms with Gasteiger partial charge in [-0.25, -0.2) is 0 Å². The highest BCUT2D eigenvalue weighted by molar-refractivity contribution is 7.85. The average molecular weight is 228 g/mol. The summed E-state index contributed by atoms with van der Waals surface area (Å²) in [6.07, 6.45) is 0. The lowest BCUT2D eigenvalue weighted by Crippen LogP contribution is -1.63. The Kier molecular flexibility index (Phi) is 12.3. The highest BCUT2D eigenvalue weighted by Gasteiger charge is 1.90. The molecule has 0 aromatic heterocycles. The van der Waals surface area contributed by atoms with E-state index in [1.807, 2.05) is 0 Å². The molecule has 1 rings (SSSR count). The molecule has 4 nitrogen and oxygen atoms in total. The third-order valence-corrected chi connectivity index (χ3v) is 0.882. The Bertz CT molecular complexity index is 298. The number of phenols is 2. The van der Waals surface area contributed by atoms with Crippen LogP contribution in [0.2, 0.25) is 0 Å². The maximum atomic E-state index is 8.67. The molecule has 74 valence electrons. The summed E-state index contributed by atoms with van der Waals surface area (Å²) in [4.78, 5) is 0. The number of nitriles is 2. The lowest BCUT2D eigenvalue weighted by atomic mass is 10.3. The molecule has 0 unspecified atom stereocenters. The van der Waals surface area contributed by atoms with Crippen LogP contribution in [0.25, 0.3) is 0 Å². The summed E-state index contributed by atoms with van der Waals surface area (Å²) < 4.78 is 0. The lowest BCUT2D eigenvalue weighted by molar-refractivity contribution is 0.404. The number of nitrogens with zero attached hydrogens (tertiary/aromatic N) is 2. The minimum atomic E-state index is -0.0764. The monoisotopic (exact) mass is 228 g/mol. The molecule has 1 aromatic carbocycles. The van der Waals surface area contributed by atoms with Crippen molar-refractivity contribution >= 4 is 25.3 Å². The maximum absolute atomic E-state index is 8.67. The van der Waals surface area contributed by atoms with E-state index in [1.54, 1.807) is 12.1 Å². The van der Waals surface area contributed by atoms with E-state index >= 15 is 0 Å². The summed E-state index contributed by atoms with van der Waals surface area (Å²) >= 11 is 6.19. The Balaban J connectivity index is 0. The molecule has 0 aliphatic rings. The predicted molar refractivity (Wildman–Crippen MR) is 59.0 cm³/mol. The van der Waals surface area contributed by atoms with Gasteiger partial charge in [0.25, 0.3) is 0 Å². The van der Waals surface area contributed by atoms with Crippen LogP contribution in [0, 0.1) is 21.3 Å². The molecule has 0 saturated heterocycles. The molecule has 0 radical (unpaired) electrons. The number of thiol groups is 2. The number of hydrogen-bond donors (Lipinski definition) is 4. The zero-order valence-corrected chi connectivity index (χ0v) is 8.78. The van der Waals surface area contributed by atoms with Crippen LogP contribution in [-0.2, 0) is 0 Å². The van der Waals surface area contributed by atoms with Crippen LogP contribution < -0.4 is 0 Å². The molecule has 2 N–H and O–H groups in total. The van der Waals surface area contributed by atoms with Gasteiger partial charge < -0.3 is 10.2 Å². The van der Waals surface area contributed by atoms with Crippen molar-refractivity contribution < 1.29 is 10.2 Å². The van der Waals surface area contributed by atoms with E-state index in [9.17, 15) is 0 Å². The number of para-hydroxylation sites is 2. The smallest absolute Gasteiger partial charge is 0.157 e. The first-order valence-electron chi connectivity index (χ1n) is 3.17. The fourth-order valence-corrected chi connectivity index (χ4v) is 0.464. The molecule has 0 spiro atoms. The molecular formula is C8H8N2O2S2. The first-order valence-corrected chi connectivity index (χ1v) is 4.06. The molecule has 1 aromatic rings. The normalized spacial score (nSPS) is 6.29. The van der Waals surface area contributed by atoms with E-state index in [0.29, 0.717) is 0 Å². The second-order valence-electron chi connectivity index (χ2n) is 1.69. The summed E-state index contributed by atoms with van der Waals surface area (Å²) in [6, 6.07) is 6.15. The van der Waals surface area contributed by atoms with E-state index in [-0.39, 0.29) is 11.5 Å². The van der Waals surface area contributed by atoms with Crippen molar-refractivity contribution in [3.05, 3.63) is 24.3 Å². The molecule has 0 heterocycles. The summed E-state index contributed by atoms with van der Waals surface area (Å²) in [6.45, 7) is 0. The topological polar surface area (TPSA) is 88.0 Å². The first kappa shape index (κ1) is 15.0. The quantitative estimate of drug-likeness (QED) is 0.310. The zero-order chi connectivity index (χ0) is 11.4. The van der Waals surface area contributed by atoms with Crippen molar-refractivity contribution in [2.75, 3.05) is 0 Å². The molecule has 0 aliphatic heterocycles. The molecule has 0 aliphatic carbocycles. The van der Waals surface area contributed by atoms with Crippen LogP contribution in [0.3, 0.4) is 0 Å². The largest absolute Gasteiger partial charge is 0.504 e. The minimum Gasteiger partial charge on any atom is -0.504 e. The van der Waals surface area contributed by atoms with Gasteiger partial charge in [0.2, 0.25) is 0 Å². The van der Waals surface area contributed by atoms with Gasteiger partial charge in [0.1, 0.15) is 10.8 Å². The van der Waals surface area contributed by atoms with Crippen molar-refractivity contribution in [1.29, 1.82) is 10.5 Å². The third-order valence-electron chi connectivity index (χ3n) is 0.882. The summed E-state index contributed by atoms with van der Waals surface area (Å²) in [7, 11) is 0. The fourth-order valence-electron chi connectivity index (χ4n) is 0.464. The van der Waals surface area contributed by atoms with Gasteiger partial charge in [-0.3, -0.25) is 0 Å². The van der Waals surface area contributed by atoms with E-state index in [0.717, 1.165) is 0 Å². The van der Waals surface area contributed by atoms with Gasteiger partial charge in [-0.15, -0.1) is 0 Å². The molecular weight excluding hydrogens is 220 g/mol. The Morgan fingerprint density at radius 2 is 1.14 bits per heavy atom. The van der Waals surface area contributed by atoms with E-state index in [2.05, 4.69) is 25.3 Å². The van der Waals surface area contributed by atoms with Crippen LogP contribution in [0.4, 0.5) is 0 Å². The van der Waals surface area contributed by atoms with Crippen LogP contribution in [0.1, 0.15) is 0 Å². The Labute approximate surface area is 92.9 Å². The minimum absolute atomic E-state index is 0.0764. The van der Waals surface area contributed by atoms with Crippen molar-refractivity contribution in [1.82, 2.24) is 0 Å². The summed E-state index contributed by atoms with van der Waals surface area (Å²) in [5, 5.41) is 34.6. The van der Waals surface area contributed by atoms with Gasteiger partial charge in [-0.05, 0) is 12.1 Å². The molecule has 14 heavy (non-hydrogen) atoms. The second-order valence-corrected chi connectivity index (χ2v) is 2.09. The molecule has 0 bridgehead atoms. The van der Waals surface area contributed by atoms with Crippen LogP contribution in [-0.4, -0.2) is 10.2 Å². The van der Waals surface area contributed by atoms with Crippen molar-refractivity contribution in [2.24, 2.45) is 0 Å². The number of benzene rings is 1. The number of phenolic OH excluding ortho intramolecular Hbond substituents is 2. The van der Waals surface area contributed by atoms with Gasteiger partial charge in [0.05, 0.1) is 0 Å². The molecule has 0 saturated carbocycles. The standard InChI is InChI=1S/C6H6O2.2CHNS/c7-5-3-1-2-4-6(5)8;2*2-1-3/h1-4,7-8H;2*3H. The van der Waals surface area contributed by atoms with E-state index in [1.165, 1.54) is 22.9 Å². The number of rotatable bonds is 0. The number of aromatic hydroxyl groups is 2. The Hall–Kier alpha value is -1.50. The van der Waals surface area contributed by atoms with Gasteiger partial charge >= 0.3 is 0 Å². The highest BCUT2D eigenvalue weighted by Crippen LogP contribution is 2.21. The van der Waals surface area contributed by atoms with E-state index in [4.69, 9.17) is 20.7 Å². The zero-order valence-electron chi connectivity index (χ0n) is 6.99. The van der Waals surface area contributed by atoms with E-state index < -0.39 is 0 Å². The number of thiocyanates is 2.